The fraction of sp³-hybridized carbons (Fsp3) is 0.167. The van der Waals surface area contributed by atoms with Crippen molar-refractivity contribution in [1.29, 1.82) is 0 Å². The van der Waals surface area contributed by atoms with E-state index in [1.54, 1.807) is 0 Å². The van der Waals surface area contributed by atoms with Crippen LogP contribution in [0.4, 0.5) is 0 Å². The van der Waals surface area contributed by atoms with Gasteiger partial charge in [-0.2, -0.15) is 5.21 Å². The quantitative estimate of drug-likeness (QED) is 0.447. The first-order valence-corrected chi connectivity index (χ1v) is 10.2. The molecule has 0 spiro atoms. The highest BCUT2D eigenvalue weighted by molar-refractivity contribution is 5.91. The van der Waals surface area contributed by atoms with Crippen LogP contribution in [0, 0.1) is 0 Å². The number of hydrogen-bond donors (Lipinski definition) is 2. The lowest BCUT2D eigenvalue weighted by molar-refractivity contribution is 0.881. The molecule has 0 saturated heterocycles. The zero-order valence-corrected chi connectivity index (χ0v) is 16.3. The zero-order valence-electron chi connectivity index (χ0n) is 16.3. The maximum absolute atomic E-state index is 4.79. The van der Waals surface area contributed by atoms with Gasteiger partial charge in [0.25, 0.3) is 0 Å². The van der Waals surface area contributed by atoms with E-state index in [4.69, 9.17) is 4.98 Å². The molecule has 2 N–H and O–H groups in total. The molecule has 1 fully saturated rings. The Morgan fingerprint density at radius 3 is 2.63 bits per heavy atom. The van der Waals surface area contributed by atoms with Gasteiger partial charge in [0, 0.05) is 23.0 Å². The predicted octanol–water partition coefficient (Wildman–Crippen LogP) is 4.88. The average molecular weight is 392 g/mol. The van der Waals surface area contributed by atoms with Crippen molar-refractivity contribution in [3.63, 3.8) is 0 Å². The van der Waals surface area contributed by atoms with Crippen LogP contribution < -0.4 is 0 Å². The van der Waals surface area contributed by atoms with E-state index in [2.05, 4.69) is 74.1 Å². The van der Waals surface area contributed by atoms with Crippen LogP contribution in [0.25, 0.3) is 33.7 Å². The van der Waals surface area contributed by atoms with Gasteiger partial charge in [0.05, 0.1) is 5.69 Å². The monoisotopic (exact) mass is 392 g/mol. The number of aromatic amines is 2. The smallest absolute Gasteiger partial charge is 0.222 e. The van der Waals surface area contributed by atoms with Crippen molar-refractivity contribution >= 4 is 10.9 Å². The first-order chi connectivity index (χ1) is 14.8. The second-order valence-electron chi connectivity index (χ2n) is 7.85. The predicted molar refractivity (Wildman–Crippen MR) is 116 cm³/mol. The largest absolute Gasteiger partial charge is 0.354 e. The number of H-pyrrole nitrogens is 2. The number of nitrogens with one attached hydrogen (secondary N) is 2. The van der Waals surface area contributed by atoms with Crippen molar-refractivity contribution in [3.05, 3.63) is 83.6 Å². The third-order valence-electron chi connectivity index (χ3n) is 5.78. The van der Waals surface area contributed by atoms with E-state index in [-0.39, 0.29) is 0 Å². The average Bonchev–Trinajstić information content (AvgIpc) is 3.38. The summed E-state index contributed by atoms with van der Waals surface area (Å²) in [4.78, 5) is 8.49. The molecule has 3 heterocycles. The number of hydrogen-bond acceptors (Lipinski definition) is 4. The first kappa shape index (κ1) is 17.1. The molecule has 146 valence electrons. The van der Waals surface area contributed by atoms with Gasteiger partial charge >= 0.3 is 0 Å². The second kappa shape index (κ2) is 6.91. The Morgan fingerprint density at radius 2 is 1.83 bits per heavy atom. The van der Waals surface area contributed by atoms with Gasteiger partial charge in [-0.15, -0.1) is 10.2 Å². The maximum Gasteiger partial charge on any atom is 0.222 e. The molecule has 6 heteroatoms. The Hall–Kier alpha value is -3.80. The molecule has 0 bridgehead atoms. The molecule has 0 unspecified atom stereocenters. The molecule has 30 heavy (non-hydrogen) atoms. The standard InChI is InChI=1S/C24H20N6/c1-2-5-16(6-3-1)23-20(19-12-11-17(15-9-10-15)13-22(19)26-23)14-18-7-4-8-21(25-18)24-27-29-30-28-24/h1-8,11-13,15,26H,9-10,14H2,(H,27,28,29,30). The minimum atomic E-state index is 0.508. The topological polar surface area (TPSA) is 83.1 Å². The minimum Gasteiger partial charge on any atom is -0.354 e. The lowest BCUT2D eigenvalue weighted by Crippen LogP contribution is -1.96. The summed E-state index contributed by atoms with van der Waals surface area (Å²) in [6, 6.07) is 23.3. The van der Waals surface area contributed by atoms with Gasteiger partial charge in [-0.1, -0.05) is 48.5 Å². The molecular weight excluding hydrogens is 372 g/mol. The fourth-order valence-corrected chi connectivity index (χ4v) is 4.13. The van der Waals surface area contributed by atoms with Crippen molar-refractivity contribution in [3.8, 4) is 22.8 Å². The summed E-state index contributed by atoms with van der Waals surface area (Å²) in [5, 5.41) is 15.5. The fourth-order valence-electron chi connectivity index (χ4n) is 4.13. The van der Waals surface area contributed by atoms with Crippen molar-refractivity contribution < 1.29 is 0 Å². The highest BCUT2D eigenvalue weighted by Gasteiger charge is 2.24. The molecule has 0 aliphatic heterocycles. The summed E-state index contributed by atoms with van der Waals surface area (Å²) in [6.45, 7) is 0. The lowest BCUT2D eigenvalue weighted by Gasteiger charge is -2.06. The highest BCUT2D eigenvalue weighted by atomic mass is 15.5. The molecule has 1 aliphatic carbocycles. The van der Waals surface area contributed by atoms with E-state index in [1.165, 1.54) is 40.4 Å². The molecule has 2 aromatic carbocycles. The molecule has 0 amide bonds. The normalized spacial score (nSPS) is 13.7. The van der Waals surface area contributed by atoms with E-state index >= 15 is 0 Å². The molecule has 3 aromatic heterocycles. The van der Waals surface area contributed by atoms with Crippen LogP contribution in [-0.4, -0.2) is 30.6 Å². The summed E-state index contributed by atoms with van der Waals surface area (Å²) in [6.07, 6.45) is 3.33. The number of tetrazole rings is 1. The van der Waals surface area contributed by atoms with Gasteiger partial charge in [0.2, 0.25) is 5.82 Å². The first-order valence-electron chi connectivity index (χ1n) is 10.2. The van der Waals surface area contributed by atoms with Crippen molar-refractivity contribution in [2.24, 2.45) is 0 Å². The number of nitrogens with zero attached hydrogens (tertiary/aromatic N) is 4. The van der Waals surface area contributed by atoms with Crippen LogP contribution in [-0.2, 0) is 6.42 Å². The molecule has 1 saturated carbocycles. The Labute approximate surface area is 173 Å². The van der Waals surface area contributed by atoms with E-state index < -0.39 is 0 Å². The van der Waals surface area contributed by atoms with E-state index in [1.807, 2.05) is 18.2 Å². The van der Waals surface area contributed by atoms with Gasteiger partial charge < -0.3 is 4.98 Å². The SMILES string of the molecule is c1ccc(-c2[nH]c3cc(C4CC4)ccc3c2Cc2cccc(-c3nn[nH]n3)n2)cc1. The van der Waals surface area contributed by atoms with Crippen LogP contribution in [0.15, 0.2) is 66.7 Å². The zero-order chi connectivity index (χ0) is 19.9. The summed E-state index contributed by atoms with van der Waals surface area (Å²) in [5.74, 6) is 1.24. The van der Waals surface area contributed by atoms with Crippen molar-refractivity contribution in [2.45, 2.75) is 25.2 Å². The molecule has 0 atom stereocenters. The molecular formula is C24H20N6. The van der Waals surface area contributed by atoms with E-state index in [0.717, 1.165) is 29.4 Å². The van der Waals surface area contributed by atoms with Crippen LogP contribution in [0.1, 0.15) is 35.6 Å². The number of rotatable bonds is 5. The summed E-state index contributed by atoms with van der Waals surface area (Å²) in [7, 11) is 0. The van der Waals surface area contributed by atoms with Crippen LogP contribution >= 0.6 is 0 Å². The summed E-state index contributed by atoms with van der Waals surface area (Å²) >= 11 is 0. The number of aromatic nitrogens is 6. The van der Waals surface area contributed by atoms with Crippen molar-refractivity contribution in [2.75, 3.05) is 0 Å². The third kappa shape index (κ3) is 3.06. The third-order valence-corrected chi connectivity index (χ3v) is 5.78. The molecule has 6 rings (SSSR count). The van der Waals surface area contributed by atoms with Crippen molar-refractivity contribution in [1.82, 2.24) is 30.6 Å². The summed E-state index contributed by atoms with van der Waals surface area (Å²) < 4.78 is 0. The van der Waals surface area contributed by atoms with Crippen LogP contribution in [0.2, 0.25) is 0 Å². The van der Waals surface area contributed by atoms with Gasteiger partial charge in [0.15, 0.2) is 0 Å². The minimum absolute atomic E-state index is 0.508. The van der Waals surface area contributed by atoms with Gasteiger partial charge in [-0.3, -0.25) is 0 Å². The maximum atomic E-state index is 4.79. The van der Waals surface area contributed by atoms with Gasteiger partial charge in [-0.05, 0) is 58.9 Å². The summed E-state index contributed by atoms with van der Waals surface area (Å²) in [5.41, 5.74) is 7.93. The Morgan fingerprint density at radius 1 is 0.933 bits per heavy atom. The molecule has 6 nitrogen and oxygen atoms in total. The number of pyridine rings is 1. The Balaban J connectivity index is 1.47. The molecule has 5 aromatic rings. The lowest BCUT2D eigenvalue weighted by atomic mass is 9.99. The van der Waals surface area contributed by atoms with E-state index in [9.17, 15) is 0 Å². The second-order valence-corrected chi connectivity index (χ2v) is 7.85. The van der Waals surface area contributed by atoms with Crippen LogP contribution in [0.3, 0.4) is 0 Å². The highest BCUT2D eigenvalue weighted by Crippen LogP contribution is 2.42. The Kier molecular flexibility index (Phi) is 3.94. The Bertz CT molecular complexity index is 1320. The van der Waals surface area contributed by atoms with Gasteiger partial charge in [-0.25, -0.2) is 4.98 Å². The van der Waals surface area contributed by atoms with E-state index in [0.29, 0.717) is 5.82 Å². The molecule has 0 radical (unpaired) electrons. The van der Waals surface area contributed by atoms with Crippen LogP contribution in [0.5, 0.6) is 0 Å². The number of fused-ring (bicyclic) bond motifs is 1. The number of benzene rings is 2. The van der Waals surface area contributed by atoms with Gasteiger partial charge in [0.1, 0.15) is 5.69 Å². The molecule has 1 aliphatic rings.